The molecule has 0 aromatic carbocycles. The predicted octanol–water partition coefficient (Wildman–Crippen LogP) is 2.30. The summed E-state index contributed by atoms with van der Waals surface area (Å²) in [4.78, 5) is 18.9. The molecule has 3 heterocycles. The standard InChI is InChI=1S/C17H22N4O2/c1-2-23-16-15(6-3-8-18-16)17(22)21-10-4-5-13(12-21)11-14-7-9-19-20-14/h3,6-9,13H,2,4-5,10-12H2,1H3,(H,19,20)/t13-/m0/s1. The molecule has 1 N–H and O–H groups in total. The average molecular weight is 314 g/mol. The molecule has 1 aliphatic heterocycles. The highest BCUT2D eigenvalue weighted by Crippen LogP contribution is 2.24. The number of ether oxygens (including phenoxy) is 1. The molecule has 122 valence electrons. The summed E-state index contributed by atoms with van der Waals surface area (Å²) in [5, 5.41) is 6.99. The molecule has 2 aromatic heterocycles. The summed E-state index contributed by atoms with van der Waals surface area (Å²) < 4.78 is 5.49. The maximum atomic E-state index is 12.8. The van der Waals surface area contributed by atoms with Gasteiger partial charge in [0.1, 0.15) is 5.56 Å². The summed E-state index contributed by atoms with van der Waals surface area (Å²) in [7, 11) is 0. The number of H-pyrrole nitrogens is 1. The minimum atomic E-state index is 0.0101. The normalized spacial score (nSPS) is 18.0. The molecule has 6 nitrogen and oxygen atoms in total. The Morgan fingerprint density at radius 3 is 3.13 bits per heavy atom. The Morgan fingerprint density at radius 1 is 1.43 bits per heavy atom. The Hall–Kier alpha value is -2.37. The highest BCUT2D eigenvalue weighted by atomic mass is 16.5. The van der Waals surface area contributed by atoms with Crippen molar-refractivity contribution in [3.8, 4) is 5.88 Å². The van der Waals surface area contributed by atoms with Crippen molar-refractivity contribution in [2.75, 3.05) is 19.7 Å². The molecular formula is C17H22N4O2. The van der Waals surface area contributed by atoms with Gasteiger partial charge in [-0.1, -0.05) is 0 Å². The molecule has 0 bridgehead atoms. The van der Waals surface area contributed by atoms with Gasteiger partial charge in [0.05, 0.1) is 6.61 Å². The Bertz CT molecular complexity index is 642. The number of aromatic nitrogens is 3. The number of aromatic amines is 1. The van der Waals surface area contributed by atoms with E-state index < -0.39 is 0 Å². The van der Waals surface area contributed by atoms with Gasteiger partial charge in [0, 0.05) is 31.2 Å². The molecule has 0 aliphatic carbocycles. The zero-order valence-electron chi connectivity index (χ0n) is 13.4. The van der Waals surface area contributed by atoms with E-state index >= 15 is 0 Å². The number of amides is 1. The first-order chi connectivity index (χ1) is 11.3. The minimum absolute atomic E-state index is 0.0101. The lowest BCUT2D eigenvalue weighted by Crippen LogP contribution is -2.40. The Morgan fingerprint density at radius 2 is 2.35 bits per heavy atom. The van der Waals surface area contributed by atoms with E-state index in [9.17, 15) is 4.79 Å². The number of piperidine rings is 1. The molecule has 6 heteroatoms. The first-order valence-corrected chi connectivity index (χ1v) is 8.13. The number of nitrogens with zero attached hydrogens (tertiary/aromatic N) is 3. The number of carbonyl (C=O) groups excluding carboxylic acids is 1. The zero-order chi connectivity index (χ0) is 16.1. The Labute approximate surface area is 135 Å². The lowest BCUT2D eigenvalue weighted by Gasteiger charge is -2.32. The number of hydrogen-bond acceptors (Lipinski definition) is 4. The van der Waals surface area contributed by atoms with Crippen LogP contribution >= 0.6 is 0 Å². The van der Waals surface area contributed by atoms with Gasteiger partial charge < -0.3 is 9.64 Å². The quantitative estimate of drug-likeness (QED) is 0.919. The van der Waals surface area contributed by atoms with Crippen molar-refractivity contribution in [1.29, 1.82) is 0 Å². The van der Waals surface area contributed by atoms with Crippen molar-refractivity contribution < 1.29 is 9.53 Å². The SMILES string of the molecule is CCOc1ncccc1C(=O)N1CCC[C@@H](Cc2ccn[nH]2)C1. The third kappa shape index (κ3) is 3.70. The summed E-state index contributed by atoms with van der Waals surface area (Å²) in [5.41, 5.74) is 1.68. The van der Waals surface area contributed by atoms with E-state index in [1.807, 2.05) is 17.9 Å². The molecule has 23 heavy (non-hydrogen) atoms. The highest BCUT2D eigenvalue weighted by Gasteiger charge is 2.26. The summed E-state index contributed by atoms with van der Waals surface area (Å²) >= 11 is 0. The molecule has 1 atom stereocenters. The summed E-state index contributed by atoms with van der Waals surface area (Å²) in [6, 6.07) is 5.57. The maximum absolute atomic E-state index is 12.8. The minimum Gasteiger partial charge on any atom is -0.477 e. The fourth-order valence-electron chi connectivity index (χ4n) is 3.10. The zero-order valence-corrected chi connectivity index (χ0v) is 13.4. The molecule has 0 saturated carbocycles. The molecule has 1 saturated heterocycles. The van der Waals surface area contributed by atoms with Crippen LogP contribution in [0.15, 0.2) is 30.6 Å². The van der Waals surface area contributed by atoms with E-state index in [1.54, 1.807) is 24.5 Å². The van der Waals surface area contributed by atoms with E-state index in [1.165, 1.54) is 0 Å². The van der Waals surface area contributed by atoms with Crippen molar-refractivity contribution in [1.82, 2.24) is 20.1 Å². The largest absolute Gasteiger partial charge is 0.477 e. The van der Waals surface area contributed by atoms with Crippen LogP contribution in [0.5, 0.6) is 5.88 Å². The third-order valence-electron chi connectivity index (χ3n) is 4.16. The van der Waals surface area contributed by atoms with Crippen LogP contribution in [0.2, 0.25) is 0 Å². The smallest absolute Gasteiger partial charge is 0.259 e. The fraction of sp³-hybridized carbons (Fsp3) is 0.471. The van der Waals surface area contributed by atoms with Crippen LogP contribution in [0, 0.1) is 5.92 Å². The van der Waals surface area contributed by atoms with Crippen molar-refractivity contribution in [2.45, 2.75) is 26.2 Å². The number of pyridine rings is 1. The summed E-state index contributed by atoms with van der Waals surface area (Å²) in [5.74, 6) is 0.895. The number of likely N-dealkylation sites (tertiary alicyclic amines) is 1. The third-order valence-corrected chi connectivity index (χ3v) is 4.16. The van der Waals surface area contributed by atoms with Crippen LogP contribution in [0.3, 0.4) is 0 Å². The van der Waals surface area contributed by atoms with E-state index in [-0.39, 0.29) is 5.91 Å². The van der Waals surface area contributed by atoms with Gasteiger partial charge in [-0.05, 0) is 50.3 Å². The second-order valence-electron chi connectivity index (χ2n) is 5.83. The van der Waals surface area contributed by atoms with E-state index in [0.29, 0.717) is 24.0 Å². The maximum Gasteiger partial charge on any atom is 0.259 e. The van der Waals surface area contributed by atoms with E-state index in [4.69, 9.17) is 4.74 Å². The van der Waals surface area contributed by atoms with Gasteiger partial charge >= 0.3 is 0 Å². The van der Waals surface area contributed by atoms with Crippen molar-refractivity contribution in [3.05, 3.63) is 41.9 Å². The average Bonchev–Trinajstić information content (AvgIpc) is 3.08. The van der Waals surface area contributed by atoms with Crippen LogP contribution in [0.1, 0.15) is 35.8 Å². The molecule has 1 amide bonds. The molecule has 0 spiro atoms. The number of nitrogens with one attached hydrogen (secondary N) is 1. The first kappa shape index (κ1) is 15.5. The highest BCUT2D eigenvalue weighted by molar-refractivity contribution is 5.96. The van der Waals surface area contributed by atoms with Gasteiger partial charge in [0.25, 0.3) is 5.91 Å². The van der Waals surface area contributed by atoms with Gasteiger partial charge in [0.2, 0.25) is 5.88 Å². The van der Waals surface area contributed by atoms with Gasteiger partial charge in [-0.2, -0.15) is 5.10 Å². The second kappa shape index (κ2) is 7.26. The van der Waals surface area contributed by atoms with Crippen LogP contribution < -0.4 is 4.74 Å². The van der Waals surface area contributed by atoms with Gasteiger partial charge in [-0.15, -0.1) is 0 Å². The van der Waals surface area contributed by atoms with Crippen LogP contribution in [-0.2, 0) is 6.42 Å². The van der Waals surface area contributed by atoms with Gasteiger partial charge in [-0.25, -0.2) is 4.98 Å². The summed E-state index contributed by atoms with van der Waals surface area (Å²) in [6.45, 7) is 3.95. The van der Waals surface area contributed by atoms with Crippen LogP contribution in [-0.4, -0.2) is 45.7 Å². The molecule has 1 fully saturated rings. The monoisotopic (exact) mass is 314 g/mol. The lowest BCUT2D eigenvalue weighted by molar-refractivity contribution is 0.0667. The van der Waals surface area contributed by atoms with Crippen molar-refractivity contribution in [2.24, 2.45) is 5.92 Å². The molecule has 0 unspecified atom stereocenters. The molecule has 0 radical (unpaired) electrons. The molecule has 3 rings (SSSR count). The van der Waals surface area contributed by atoms with Crippen LogP contribution in [0.25, 0.3) is 0 Å². The Balaban J connectivity index is 1.69. The number of carbonyl (C=O) groups is 1. The molecule has 2 aromatic rings. The van der Waals surface area contributed by atoms with Gasteiger partial charge in [-0.3, -0.25) is 9.89 Å². The molecular weight excluding hydrogens is 292 g/mol. The van der Waals surface area contributed by atoms with Gasteiger partial charge in [0.15, 0.2) is 0 Å². The van der Waals surface area contributed by atoms with E-state index in [2.05, 4.69) is 15.2 Å². The number of hydrogen-bond donors (Lipinski definition) is 1. The van der Waals surface area contributed by atoms with Crippen molar-refractivity contribution >= 4 is 5.91 Å². The number of rotatable bonds is 5. The first-order valence-electron chi connectivity index (χ1n) is 8.13. The topological polar surface area (TPSA) is 71.1 Å². The predicted molar refractivity (Wildman–Crippen MR) is 86.3 cm³/mol. The van der Waals surface area contributed by atoms with Crippen molar-refractivity contribution in [3.63, 3.8) is 0 Å². The summed E-state index contributed by atoms with van der Waals surface area (Å²) in [6.07, 6.45) is 6.50. The van der Waals surface area contributed by atoms with Crippen LogP contribution in [0.4, 0.5) is 0 Å². The fourth-order valence-corrected chi connectivity index (χ4v) is 3.10. The lowest BCUT2D eigenvalue weighted by atomic mass is 9.93. The van der Waals surface area contributed by atoms with E-state index in [0.717, 1.165) is 38.0 Å². The second-order valence-corrected chi connectivity index (χ2v) is 5.83. The molecule has 1 aliphatic rings. The Kier molecular flexibility index (Phi) is 4.90.